The Hall–Kier alpha value is -2.48. The molecule has 126 valence electrons. The van der Waals surface area contributed by atoms with Crippen molar-refractivity contribution in [1.82, 2.24) is 0 Å². The second-order valence-electron chi connectivity index (χ2n) is 4.71. The summed E-state index contributed by atoms with van der Waals surface area (Å²) in [6.45, 7) is 2.92. The number of hydrogen-bond acceptors (Lipinski definition) is 7. The van der Waals surface area contributed by atoms with Gasteiger partial charge in [0.2, 0.25) is 0 Å². The molecule has 0 heterocycles. The predicted octanol–water partition coefficient (Wildman–Crippen LogP) is 2.01. The molecule has 0 unspecified atom stereocenters. The third kappa shape index (κ3) is 5.33. The summed E-state index contributed by atoms with van der Waals surface area (Å²) in [6.07, 6.45) is 0.530. The molecule has 0 fully saturated rings. The van der Waals surface area contributed by atoms with E-state index in [1.165, 1.54) is 13.0 Å². The number of ether oxygens (including phenoxy) is 2. The molecule has 0 radical (unpaired) electrons. The van der Waals surface area contributed by atoms with E-state index in [1.54, 1.807) is 6.92 Å². The molecule has 0 saturated heterocycles. The van der Waals surface area contributed by atoms with Crippen molar-refractivity contribution in [1.29, 1.82) is 0 Å². The predicted molar refractivity (Wildman–Crippen MR) is 80.4 cm³/mol. The fourth-order valence-electron chi connectivity index (χ4n) is 1.94. The number of nitrogens with zero attached hydrogens (tertiary/aromatic N) is 1. The number of Topliss-reactive ketones (excluding diaryl/α,β-unsaturated/α-hetero) is 1. The number of nitro benzene ring substituents is 1. The first-order chi connectivity index (χ1) is 10.9. The highest BCUT2D eigenvalue weighted by molar-refractivity contribution is 5.98. The summed E-state index contributed by atoms with van der Waals surface area (Å²) in [7, 11) is 0. The van der Waals surface area contributed by atoms with Gasteiger partial charge in [0, 0.05) is 12.0 Å². The summed E-state index contributed by atoms with van der Waals surface area (Å²) in [5.74, 6) is -0.704. The molecule has 0 atom stereocenters. The highest BCUT2D eigenvalue weighted by Crippen LogP contribution is 2.29. The van der Waals surface area contributed by atoms with Crippen LogP contribution in [0.4, 0.5) is 5.69 Å². The molecule has 1 N–H and O–H groups in total. The Kier molecular flexibility index (Phi) is 7.14. The largest absolute Gasteiger partial charge is 0.493 e. The highest BCUT2D eigenvalue weighted by atomic mass is 16.6. The summed E-state index contributed by atoms with van der Waals surface area (Å²) in [4.78, 5) is 33.0. The maximum atomic E-state index is 11.5. The SMILES string of the molecule is CCOC(=O)CCCOc1cc([N+](=O)[O-])c(C(C)=O)cc1CO. The molecule has 0 aromatic heterocycles. The van der Waals surface area contributed by atoms with Gasteiger partial charge in [-0.25, -0.2) is 0 Å². The maximum absolute atomic E-state index is 11.5. The minimum absolute atomic E-state index is 0.0853. The number of aliphatic hydroxyl groups excluding tert-OH is 1. The maximum Gasteiger partial charge on any atom is 0.305 e. The van der Waals surface area contributed by atoms with Crippen molar-refractivity contribution in [3.63, 3.8) is 0 Å². The van der Waals surface area contributed by atoms with Gasteiger partial charge >= 0.3 is 5.97 Å². The van der Waals surface area contributed by atoms with E-state index in [1.807, 2.05) is 0 Å². The molecular weight excluding hydrogens is 306 g/mol. The Morgan fingerprint density at radius 3 is 2.57 bits per heavy atom. The van der Waals surface area contributed by atoms with Crippen molar-refractivity contribution in [2.24, 2.45) is 0 Å². The van der Waals surface area contributed by atoms with Gasteiger partial charge in [0.05, 0.1) is 36.4 Å². The van der Waals surface area contributed by atoms with E-state index in [9.17, 15) is 24.8 Å². The lowest BCUT2D eigenvalue weighted by atomic mass is 10.0. The molecule has 1 rings (SSSR count). The van der Waals surface area contributed by atoms with E-state index >= 15 is 0 Å². The van der Waals surface area contributed by atoms with E-state index < -0.39 is 17.3 Å². The fraction of sp³-hybridized carbons (Fsp3) is 0.467. The van der Waals surface area contributed by atoms with Crippen LogP contribution >= 0.6 is 0 Å². The van der Waals surface area contributed by atoms with Crippen molar-refractivity contribution < 1.29 is 29.1 Å². The molecule has 0 aliphatic rings. The lowest BCUT2D eigenvalue weighted by Crippen LogP contribution is -2.08. The molecule has 0 aliphatic carbocycles. The summed E-state index contributed by atoms with van der Waals surface area (Å²) < 4.78 is 10.2. The number of carbonyl (C=O) groups excluding carboxylic acids is 2. The minimum atomic E-state index is -0.677. The summed E-state index contributed by atoms with van der Waals surface area (Å²) in [5.41, 5.74) is -0.190. The van der Waals surface area contributed by atoms with Gasteiger partial charge in [-0.15, -0.1) is 0 Å². The number of carbonyl (C=O) groups is 2. The second-order valence-corrected chi connectivity index (χ2v) is 4.71. The molecule has 23 heavy (non-hydrogen) atoms. The number of ketones is 1. The van der Waals surface area contributed by atoms with Gasteiger partial charge in [-0.2, -0.15) is 0 Å². The zero-order valence-electron chi connectivity index (χ0n) is 13.0. The van der Waals surface area contributed by atoms with Crippen LogP contribution in [0, 0.1) is 10.1 Å². The van der Waals surface area contributed by atoms with Crippen LogP contribution in [-0.2, 0) is 16.1 Å². The van der Waals surface area contributed by atoms with Crippen LogP contribution in [0.3, 0.4) is 0 Å². The first kappa shape index (κ1) is 18.6. The third-order valence-corrected chi connectivity index (χ3v) is 3.01. The number of aliphatic hydroxyl groups is 1. The standard InChI is InChI=1S/C15H19NO7/c1-3-22-15(19)5-4-6-23-14-8-13(16(20)21)12(10(2)18)7-11(14)9-17/h7-8,17H,3-6,9H2,1-2H3. The molecule has 0 amide bonds. The number of nitro groups is 1. The monoisotopic (exact) mass is 325 g/mol. The molecule has 8 heteroatoms. The van der Waals surface area contributed by atoms with Gasteiger partial charge in [-0.1, -0.05) is 0 Å². The molecule has 1 aromatic rings. The van der Waals surface area contributed by atoms with Gasteiger partial charge in [0.1, 0.15) is 5.75 Å². The first-order valence-electron chi connectivity index (χ1n) is 7.12. The molecule has 8 nitrogen and oxygen atoms in total. The number of benzene rings is 1. The van der Waals surface area contributed by atoms with Crippen LogP contribution < -0.4 is 4.74 Å². The highest BCUT2D eigenvalue weighted by Gasteiger charge is 2.21. The van der Waals surface area contributed by atoms with E-state index in [0.717, 1.165) is 6.07 Å². The van der Waals surface area contributed by atoms with Crippen molar-refractivity contribution in [3.8, 4) is 5.75 Å². The van der Waals surface area contributed by atoms with Gasteiger partial charge in [-0.05, 0) is 26.3 Å². The second kappa shape index (κ2) is 8.84. The summed E-state index contributed by atoms with van der Waals surface area (Å²) in [5, 5.41) is 20.4. The Morgan fingerprint density at radius 1 is 1.35 bits per heavy atom. The van der Waals surface area contributed by atoms with E-state index in [-0.39, 0.29) is 41.6 Å². The molecule has 1 aromatic carbocycles. The average molecular weight is 325 g/mol. The van der Waals surface area contributed by atoms with Crippen LogP contribution in [0.2, 0.25) is 0 Å². The minimum Gasteiger partial charge on any atom is -0.493 e. The quantitative estimate of drug-likeness (QED) is 0.243. The molecule has 0 spiro atoms. The van der Waals surface area contributed by atoms with Crippen molar-refractivity contribution in [2.75, 3.05) is 13.2 Å². The smallest absolute Gasteiger partial charge is 0.305 e. The van der Waals surface area contributed by atoms with Gasteiger partial charge < -0.3 is 14.6 Å². The topological polar surface area (TPSA) is 116 Å². The lowest BCUT2D eigenvalue weighted by Gasteiger charge is -2.11. The molecule has 0 aliphatic heterocycles. The van der Waals surface area contributed by atoms with Crippen LogP contribution in [0.25, 0.3) is 0 Å². The van der Waals surface area contributed by atoms with Crippen LogP contribution in [0.1, 0.15) is 42.6 Å². The van der Waals surface area contributed by atoms with Crippen molar-refractivity contribution >= 4 is 17.4 Å². The Balaban J connectivity index is 2.85. The average Bonchev–Trinajstić information content (AvgIpc) is 2.50. The molecule has 0 bridgehead atoms. The van der Waals surface area contributed by atoms with Crippen molar-refractivity contribution in [2.45, 2.75) is 33.3 Å². The van der Waals surface area contributed by atoms with Gasteiger partial charge in [-0.3, -0.25) is 19.7 Å². The fourth-order valence-corrected chi connectivity index (χ4v) is 1.94. The first-order valence-corrected chi connectivity index (χ1v) is 7.12. The third-order valence-electron chi connectivity index (χ3n) is 3.01. The van der Waals surface area contributed by atoms with E-state index in [0.29, 0.717) is 13.0 Å². The van der Waals surface area contributed by atoms with E-state index in [4.69, 9.17) is 9.47 Å². The van der Waals surface area contributed by atoms with Gasteiger partial charge in [0.25, 0.3) is 5.69 Å². The van der Waals surface area contributed by atoms with Crippen LogP contribution in [0.5, 0.6) is 5.75 Å². The Labute approximate surface area is 133 Å². The number of esters is 1. The van der Waals surface area contributed by atoms with Crippen LogP contribution in [-0.4, -0.2) is 35.0 Å². The van der Waals surface area contributed by atoms with Crippen LogP contribution in [0.15, 0.2) is 12.1 Å². The van der Waals surface area contributed by atoms with Gasteiger partial charge in [0.15, 0.2) is 5.78 Å². The molecule has 0 saturated carbocycles. The Morgan fingerprint density at radius 2 is 2.04 bits per heavy atom. The van der Waals surface area contributed by atoms with E-state index in [2.05, 4.69) is 0 Å². The number of rotatable bonds is 9. The molecular formula is C15H19NO7. The Bertz CT molecular complexity index is 598. The number of hydrogen-bond donors (Lipinski definition) is 1. The normalized spacial score (nSPS) is 10.2. The summed E-state index contributed by atoms with van der Waals surface area (Å²) in [6, 6.07) is 2.37. The summed E-state index contributed by atoms with van der Waals surface area (Å²) >= 11 is 0. The lowest BCUT2D eigenvalue weighted by molar-refractivity contribution is -0.385. The zero-order chi connectivity index (χ0) is 17.4. The zero-order valence-corrected chi connectivity index (χ0v) is 13.0. The van der Waals surface area contributed by atoms with Crippen molar-refractivity contribution in [3.05, 3.63) is 33.4 Å².